The maximum atomic E-state index is 13.5. The van der Waals surface area contributed by atoms with E-state index in [1.165, 1.54) is 21.8 Å². The minimum Gasteiger partial charge on any atom is -0.396 e. The summed E-state index contributed by atoms with van der Waals surface area (Å²) in [5, 5.41) is 10.3. The molecule has 0 aromatic carbocycles. The molecule has 4 saturated heterocycles. The van der Waals surface area contributed by atoms with Crippen molar-refractivity contribution in [2.24, 2.45) is 5.92 Å². The monoisotopic (exact) mass is 699 g/mol. The number of aliphatic hydroxyl groups is 1. The maximum absolute atomic E-state index is 13.5. The Morgan fingerprint density at radius 2 is 1.85 bits per heavy atom. The molecule has 0 amide bonds. The molecule has 4 aromatic rings. The number of phosphoric ester groups is 1. The second-order valence-corrected chi connectivity index (χ2v) is 14.0. The summed E-state index contributed by atoms with van der Waals surface area (Å²) >= 11 is 0. The van der Waals surface area contributed by atoms with Gasteiger partial charge >= 0.3 is 18.1 Å². The van der Waals surface area contributed by atoms with E-state index in [4.69, 9.17) is 38.9 Å². The molecular weight excluding hydrogens is 673 g/mol. The molecule has 0 radical (unpaired) electrons. The number of aromatic nitrogens is 8. The van der Waals surface area contributed by atoms with Crippen molar-refractivity contribution in [3.63, 3.8) is 0 Å². The van der Waals surface area contributed by atoms with Crippen LogP contribution < -0.4 is 21.7 Å². The van der Waals surface area contributed by atoms with Crippen LogP contribution in [-0.4, -0.2) is 114 Å². The lowest BCUT2D eigenvalue weighted by atomic mass is 9.99. The number of aromatic amines is 1. The van der Waals surface area contributed by atoms with E-state index in [9.17, 15) is 27.8 Å². The molecule has 0 aliphatic carbocycles. The van der Waals surface area contributed by atoms with Crippen molar-refractivity contribution in [1.29, 1.82) is 0 Å². The number of ether oxygens (including phenoxy) is 3. The van der Waals surface area contributed by atoms with E-state index in [2.05, 4.69) is 34.6 Å². The third-order valence-electron chi connectivity index (χ3n) is 8.50. The Morgan fingerprint density at radius 3 is 2.64 bits per heavy atom. The minimum atomic E-state index is -4.96. The van der Waals surface area contributed by atoms with Crippen molar-refractivity contribution in [2.75, 3.05) is 37.8 Å². The van der Waals surface area contributed by atoms with Crippen molar-refractivity contribution < 1.29 is 50.4 Å². The lowest BCUT2D eigenvalue weighted by molar-refractivity contribution is -0.169. The molecular formula is C22H26N11O12PS. The topological polar surface area (TPSA) is 318 Å². The molecule has 4 bridgehead atoms. The molecule has 4 aliphatic rings. The predicted octanol–water partition coefficient (Wildman–Crippen LogP) is -2.97. The lowest BCUT2D eigenvalue weighted by Gasteiger charge is -2.32. The molecule has 8 rings (SSSR count). The molecule has 4 aromatic heterocycles. The molecule has 4 aliphatic heterocycles. The number of H-pyrrole nitrogens is 1. The fourth-order valence-corrected chi connectivity index (χ4v) is 8.35. The molecule has 23 nitrogen and oxygen atoms in total. The first kappa shape index (κ1) is 30.6. The number of imidazole rings is 2. The van der Waals surface area contributed by atoms with Gasteiger partial charge in [0.15, 0.2) is 35.1 Å². The normalized spacial score (nSPS) is 37.0. The average molecular weight is 700 g/mol. The van der Waals surface area contributed by atoms with Gasteiger partial charge in [-0.1, -0.05) is 0 Å². The fourth-order valence-electron chi connectivity index (χ4n) is 6.34. The number of nitrogen functional groups attached to an aromatic ring is 2. The first-order valence-electron chi connectivity index (χ1n) is 13.9. The lowest BCUT2D eigenvalue weighted by Crippen LogP contribution is -2.51. The first-order valence-corrected chi connectivity index (χ1v) is 16.8. The summed E-state index contributed by atoms with van der Waals surface area (Å²) in [6.45, 7) is -2.19. The number of aliphatic hydroxyl groups excluding tert-OH is 1. The van der Waals surface area contributed by atoms with E-state index in [1.54, 1.807) is 0 Å². The van der Waals surface area contributed by atoms with Gasteiger partial charge in [0.1, 0.15) is 35.8 Å². The molecule has 9 atom stereocenters. The van der Waals surface area contributed by atoms with Gasteiger partial charge in [0.2, 0.25) is 5.95 Å². The quantitative estimate of drug-likeness (QED) is 0.116. The predicted molar refractivity (Wildman–Crippen MR) is 152 cm³/mol. The van der Waals surface area contributed by atoms with Crippen LogP contribution in [0.3, 0.4) is 0 Å². The Hall–Kier alpha value is -3.68. The molecule has 8 heterocycles. The highest BCUT2D eigenvalue weighted by atomic mass is 32.2. The summed E-state index contributed by atoms with van der Waals surface area (Å²) < 4.78 is 80.1. The summed E-state index contributed by atoms with van der Waals surface area (Å²) in [5.74, 6) is -1.30. The standard InChI is InChI=1S/C22H26N11O12PS/c23-15-10-16(26-5-25-15)32(6-27-10)20-13-14-22(43-20,4-40-13)3-29-47(38,39)45-12-8(1-34)9(2-41-46(36,37)44-14)42-19(12)33-7-28-11-17(33)30-21(24)31-18(11)35/h5-9,12-14,19-20,29,34H,1-4H2,(H,36,37)(H2,23,25,26)(H3,24,30,31,35)/t8-,9-,12-,13-,14?,19-,20-,22+/m1/s1. The van der Waals surface area contributed by atoms with Gasteiger partial charge in [-0.3, -0.25) is 28.0 Å². The summed E-state index contributed by atoms with van der Waals surface area (Å²) in [6, 6.07) is 0. The minimum absolute atomic E-state index is 0.0777. The van der Waals surface area contributed by atoms with Crippen LogP contribution in [-0.2, 0) is 42.3 Å². The SMILES string of the molecule is Nc1nc2c(ncn2[C@@H]2O[C@@H]3COP(=O)(O)OC4[C@H]5OC[C@]4(CNS(=O)(=O)O[C@@H]2[C@@H]3CO)O[C@H]5n2cnc3c(N)ncnc32)c(=O)[nH]1. The van der Waals surface area contributed by atoms with Gasteiger partial charge in [-0.25, -0.2) is 28.7 Å². The number of nitrogens with one attached hydrogen (secondary N) is 2. The first-order chi connectivity index (χ1) is 22.4. The number of nitrogens with two attached hydrogens (primary N) is 2. The van der Waals surface area contributed by atoms with Gasteiger partial charge in [0.05, 0.1) is 38.6 Å². The van der Waals surface area contributed by atoms with E-state index in [0.717, 1.165) is 6.33 Å². The van der Waals surface area contributed by atoms with Crippen LogP contribution in [0.1, 0.15) is 12.5 Å². The Balaban J connectivity index is 1.16. The van der Waals surface area contributed by atoms with E-state index in [1.807, 2.05) is 0 Å². The summed E-state index contributed by atoms with van der Waals surface area (Å²) in [6.07, 6.45) is -3.88. The highest BCUT2D eigenvalue weighted by Crippen LogP contribution is 2.55. The van der Waals surface area contributed by atoms with Gasteiger partial charge in [0.25, 0.3) is 5.56 Å². The van der Waals surface area contributed by atoms with Crippen LogP contribution in [0.5, 0.6) is 0 Å². The molecule has 0 saturated carbocycles. The zero-order valence-electron chi connectivity index (χ0n) is 23.7. The van der Waals surface area contributed by atoms with Gasteiger partial charge < -0.3 is 35.7 Å². The zero-order chi connectivity index (χ0) is 32.9. The zero-order valence-corrected chi connectivity index (χ0v) is 25.4. The number of anilines is 2. The van der Waals surface area contributed by atoms with Crippen LogP contribution in [0.2, 0.25) is 0 Å². The van der Waals surface area contributed by atoms with Crippen LogP contribution in [0, 0.1) is 5.92 Å². The van der Waals surface area contributed by atoms with E-state index < -0.39 is 91.8 Å². The number of fused-ring (bicyclic) bond motifs is 4. The highest BCUT2D eigenvalue weighted by Gasteiger charge is 2.65. The molecule has 25 heteroatoms. The number of hydrogen-bond acceptors (Lipinski definition) is 18. The van der Waals surface area contributed by atoms with E-state index in [-0.39, 0.29) is 40.7 Å². The van der Waals surface area contributed by atoms with Crippen molar-refractivity contribution >= 4 is 52.2 Å². The smallest absolute Gasteiger partial charge is 0.396 e. The molecule has 8 N–H and O–H groups in total. The highest BCUT2D eigenvalue weighted by molar-refractivity contribution is 7.84. The summed E-state index contributed by atoms with van der Waals surface area (Å²) in [4.78, 5) is 46.0. The Labute approximate surface area is 262 Å². The Kier molecular flexibility index (Phi) is 6.95. The summed E-state index contributed by atoms with van der Waals surface area (Å²) in [7, 11) is -9.67. The summed E-state index contributed by atoms with van der Waals surface area (Å²) in [5.41, 5.74) is 9.58. The van der Waals surface area contributed by atoms with Crippen molar-refractivity contribution in [3.05, 3.63) is 29.3 Å². The fraction of sp³-hybridized carbons (Fsp3) is 0.545. The molecule has 0 spiro atoms. The third kappa shape index (κ3) is 4.91. The second kappa shape index (κ2) is 10.7. The molecule has 2 unspecified atom stereocenters. The number of rotatable bonds is 3. The molecule has 252 valence electrons. The van der Waals surface area contributed by atoms with Gasteiger partial charge in [-0.15, -0.1) is 0 Å². The maximum Gasteiger partial charge on any atom is 0.472 e. The number of hydrogen-bond donors (Lipinski definition) is 6. The van der Waals surface area contributed by atoms with E-state index in [0.29, 0.717) is 0 Å². The van der Waals surface area contributed by atoms with Crippen LogP contribution >= 0.6 is 7.82 Å². The van der Waals surface area contributed by atoms with Crippen molar-refractivity contribution in [1.82, 2.24) is 43.8 Å². The molecule has 4 fully saturated rings. The molecule has 47 heavy (non-hydrogen) atoms. The van der Waals surface area contributed by atoms with Crippen LogP contribution in [0.25, 0.3) is 22.3 Å². The average Bonchev–Trinajstić information content (AvgIpc) is 3.82. The van der Waals surface area contributed by atoms with Gasteiger partial charge in [-0.05, 0) is 0 Å². The van der Waals surface area contributed by atoms with E-state index >= 15 is 0 Å². The Morgan fingerprint density at radius 1 is 1.09 bits per heavy atom. The van der Waals surface area contributed by atoms with Crippen LogP contribution in [0.15, 0.2) is 23.8 Å². The number of nitrogens with zero attached hydrogens (tertiary/aromatic N) is 7. The largest absolute Gasteiger partial charge is 0.472 e. The van der Waals surface area contributed by atoms with Gasteiger partial charge in [-0.2, -0.15) is 18.1 Å². The van der Waals surface area contributed by atoms with Crippen molar-refractivity contribution in [3.8, 4) is 0 Å². The number of phosphoric acid groups is 1. The second-order valence-electron chi connectivity index (χ2n) is 11.2. The third-order valence-corrected chi connectivity index (χ3v) is 10.4. The van der Waals surface area contributed by atoms with Gasteiger partial charge in [0, 0.05) is 12.5 Å². The Bertz CT molecular complexity index is 2110. The van der Waals surface area contributed by atoms with Crippen molar-refractivity contribution in [2.45, 2.75) is 42.5 Å². The van der Waals surface area contributed by atoms with Crippen LogP contribution in [0.4, 0.5) is 11.8 Å².